The summed E-state index contributed by atoms with van der Waals surface area (Å²) in [5, 5.41) is 9.63. The van der Waals surface area contributed by atoms with Crippen LogP contribution < -0.4 is 0 Å². The highest BCUT2D eigenvalue weighted by Crippen LogP contribution is 2.46. The number of phenols is 1. The van der Waals surface area contributed by atoms with Crippen LogP contribution in [-0.2, 0) is 10.3 Å². The average Bonchev–Trinajstić information content (AvgIpc) is 2.76. The molecule has 1 aliphatic rings. The molecule has 1 aromatic carbocycles. The third-order valence-electron chi connectivity index (χ3n) is 3.26. The second kappa shape index (κ2) is 4.26. The normalized spacial score (nSPS) is 17.8. The fourth-order valence-corrected chi connectivity index (χ4v) is 2.40. The monoisotopic (exact) mass is 239 g/mol. The molecule has 1 fully saturated rings. The summed E-state index contributed by atoms with van der Waals surface area (Å²) in [6, 6.07) is 2.21. The summed E-state index contributed by atoms with van der Waals surface area (Å²) in [5.74, 6) is -3.17. The Morgan fingerprint density at radius 3 is 2.53 bits per heavy atom. The van der Waals surface area contributed by atoms with Gasteiger partial charge in [-0.25, -0.2) is 9.18 Å². The average molecular weight is 239 g/mol. The maximum atomic E-state index is 13.3. The van der Waals surface area contributed by atoms with Crippen molar-refractivity contribution in [1.82, 2.24) is 0 Å². The Labute approximate surface area is 96.8 Å². The Morgan fingerprint density at radius 2 is 1.94 bits per heavy atom. The van der Waals surface area contributed by atoms with Crippen LogP contribution in [0.3, 0.4) is 0 Å². The number of benzene rings is 1. The van der Waals surface area contributed by atoms with Gasteiger partial charge in [-0.2, -0.15) is 9.38 Å². The number of halogens is 2. The molecule has 90 valence electrons. The minimum absolute atomic E-state index is 0.164. The first-order valence-electron chi connectivity index (χ1n) is 5.37. The number of aromatic hydroxyl groups is 1. The molecule has 1 aromatic rings. The lowest BCUT2D eigenvalue weighted by molar-refractivity contribution is 0.371. The molecule has 0 bridgehead atoms. The zero-order chi connectivity index (χ0) is 12.5. The third kappa shape index (κ3) is 1.83. The minimum atomic E-state index is -1.30. The Bertz CT molecular complexity index is 490. The molecular formula is C12H11F2NO2. The second-order valence-electron chi connectivity index (χ2n) is 4.20. The Balaban J connectivity index is 2.58. The van der Waals surface area contributed by atoms with Crippen molar-refractivity contribution in [1.29, 1.82) is 0 Å². The molecule has 0 heterocycles. The van der Waals surface area contributed by atoms with Gasteiger partial charge in [-0.05, 0) is 25.0 Å². The smallest absolute Gasteiger partial charge is 0.235 e. The highest BCUT2D eigenvalue weighted by Gasteiger charge is 2.38. The molecule has 0 radical (unpaired) electrons. The number of hydrogen-bond acceptors (Lipinski definition) is 3. The van der Waals surface area contributed by atoms with Crippen molar-refractivity contribution in [3.05, 3.63) is 29.3 Å². The standard InChI is InChI=1S/C12H11F2NO2/c13-9-4-3-8(11(17)10(9)14)12(15-7-16)5-1-2-6-12/h3-4,17H,1-2,5-6H2. The van der Waals surface area contributed by atoms with Crippen molar-refractivity contribution >= 4 is 6.08 Å². The van der Waals surface area contributed by atoms with Gasteiger partial charge in [-0.3, -0.25) is 0 Å². The van der Waals surface area contributed by atoms with E-state index < -0.39 is 22.9 Å². The van der Waals surface area contributed by atoms with Crippen molar-refractivity contribution < 1.29 is 18.7 Å². The van der Waals surface area contributed by atoms with Crippen molar-refractivity contribution in [2.45, 2.75) is 31.2 Å². The highest BCUT2D eigenvalue weighted by molar-refractivity contribution is 5.44. The van der Waals surface area contributed by atoms with Crippen LogP contribution in [0.4, 0.5) is 8.78 Å². The lowest BCUT2D eigenvalue weighted by atomic mass is 9.88. The molecule has 0 aliphatic heterocycles. The van der Waals surface area contributed by atoms with Crippen LogP contribution in [0.15, 0.2) is 17.1 Å². The molecule has 0 saturated heterocycles. The third-order valence-corrected chi connectivity index (χ3v) is 3.26. The van der Waals surface area contributed by atoms with Gasteiger partial charge in [0.15, 0.2) is 11.6 Å². The van der Waals surface area contributed by atoms with Crippen LogP contribution in [0.25, 0.3) is 0 Å². The number of nitrogens with zero attached hydrogens (tertiary/aromatic N) is 1. The van der Waals surface area contributed by atoms with Crippen LogP contribution in [0.2, 0.25) is 0 Å². The van der Waals surface area contributed by atoms with Crippen LogP contribution in [0.1, 0.15) is 31.2 Å². The van der Waals surface area contributed by atoms with Crippen molar-refractivity contribution in [3.8, 4) is 5.75 Å². The summed E-state index contributed by atoms with van der Waals surface area (Å²) in [7, 11) is 0. The molecule has 1 aliphatic carbocycles. The first-order valence-corrected chi connectivity index (χ1v) is 5.37. The maximum Gasteiger partial charge on any atom is 0.235 e. The molecule has 0 aromatic heterocycles. The fraction of sp³-hybridized carbons (Fsp3) is 0.417. The summed E-state index contributed by atoms with van der Waals surface area (Å²) < 4.78 is 26.2. The van der Waals surface area contributed by atoms with Crippen LogP contribution in [0.5, 0.6) is 5.75 Å². The van der Waals surface area contributed by atoms with Gasteiger partial charge >= 0.3 is 0 Å². The van der Waals surface area contributed by atoms with Gasteiger partial charge in [-0.1, -0.05) is 12.8 Å². The van der Waals surface area contributed by atoms with E-state index in [0.717, 1.165) is 18.9 Å². The molecule has 0 amide bonds. The molecule has 0 spiro atoms. The van der Waals surface area contributed by atoms with E-state index in [9.17, 15) is 18.7 Å². The van der Waals surface area contributed by atoms with Gasteiger partial charge in [0.05, 0.1) is 0 Å². The molecule has 17 heavy (non-hydrogen) atoms. The van der Waals surface area contributed by atoms with Crippen molar-refractivity contribution in [3.63, 3.8) is 0 Å². The SMILES string of the molecule is O=C=NC1(c2ccc(F)c(F)c2O)CCCC1. The predicted molar refractivity (Wildman–Crippen MR) is 56.3 cm³/mol. The summed E-state index contributed by atoms with van der Waals surface area (Å²) in [6.07, 6.45) is 4.16. The largest absolute Gasteiger partial charge is 0.504 e. The second-order valence-corrected chi connectivity index (χ2v) is 4.20. The quantitative estimate of drug-likeness (QED) is 0.637. The molecule has 5 heteroatoms. The molecule has 0 atom stereocenters. The molecule has 3 nitrogen and oxygen atoms in total. The Kier molecular flexibility index (Phi) is 2.94. The van der Waals surface area contributed by atoms with Crippen molar-refractivity contribution in [2.75, 3.05) is 0 Å². The van der Waals surface area contributed by atoms with Crippen molar-refractivity contribution in [2.24, 2.45) is 4.99 Å². The van der Waals surface area contributed by atoms with E-state index in [1.54, 1.807) is 0 Å². The fourth-order valence-electron chi connectivity index (χ4n) is 2.40. The van der Waals surface area contributed by atoms with Gasteiger partial charge in [0.25, 0.3) is 0 Å². The van der Waals surface area contributed by atoms with Crippen LogP contribution >= 0.6 is 0 Å². The van der Waals surface area contributed by atoms with Crippen LogP contribution in [0, 0.1) is 11.6 Å². The summed E-state index contributed by atoms with van der Waals surface area (Å²) >= 11 is 0. The topological polar surface area (TPSA) is 49.7 Å². The molecule has 1 N–H and O–H groups in total. The van der Waals surface area contributed by atoms with E-state index in [2.05, 4.69) is 4.99 Å². The number of carbonyl (C=O) groups excluding carboxylic acids is 1. The zero-order valence-corrected chi connectivity index (χ0v) is 9.04. The van der Waals surface area contributed by atoms with Gasteiger partial charge in [-0.15, -0.1) is 0 Å². The molecular weight excluding hydrogens is 228 g/mol. The van der Waals surface area contributed by atoms with E-state index in [0.29, 0.717) is 12.8 Å². The summed E-state index contributed by atoms with van der Waals surface area (Å²) in [6.45, 7) is 0. The summed E-state index contributed by atoms with van der Waals surface area (Å²) in [5.41, 5.74) is -0.780. The number of rotatable bonds is 2. The summed E-state index contributed by atoms with van der Waals surface area (Å²) in [4.78, 5) is 14.2. The zero-order valence-electron chi connectivity index (χ0n) is 9.04. The first-order chi connectivity index (χ1) is 8.10. The number of hydrogen-bond donors (Lipinski definition) is 1. The number of phenolic OH excluding ortho intramolecular Hbond substituents is 1. The number of isocyanates is 1. The molecule has 1 saturated carbocycles. The van der Waals surface area contributed by atoms with E-state index >= 15 is 0 Å². The lowest BCUT2D eigenvalue weighted by Gasteiger charge is -2.23. The Hall–Kier alpha value is -1.74. The Morgan fingerprint density at radius 1 is 1.29 bits per heavy atom. The lowest BCUT2D eigenvalue weighted by Crippen LogP contribution is -2.19. The highest BCUT2D eigenvalue weighted by atomic mass is 19.2. The van der Waals surface area contributed by atoms with E-state index in [-0.39, 0.29) is 5.56 Å². The van der Waals surface area contributed by atoms with Gasteiger partial charge in [0.1, 0.15) is 5.54 Å². The minimum Gasteiger partial charge on any atom is -0.504 e. The molecule has 2 rings (SSSR count). The first kappa shape index (κ1) is 11.7. The van der Waals surface area contributed by atoms with Gasteiger partial charge in [0.2, 0.25) is 11.9 Å². The van der Waals surface area contributed by atoms with Gasteiger partial charge in [0, 0.05) is 5.56 Å². The van der Waals surface area contributed by atoms with Gasteiger partial charge < -0.3 is 5.11 Å². The van der Waals surface area contributed by atoms with Crippen LogP contribution in [-0.4, -0.2) is 11.2 Å². The van der Waals surface area contributed by atoms with E-state index in [1.165, 1.54) is 12.1 Å². The predicted octanol–water partition coefficient (Wildman–Crippen LogP) is 2.78. The van der Waals surface area contributed by atoms with E-state index in [4.69, 9.17) is 0 Å². The maximum absolute atomic E-state index is 13.3. The molecule has 0 unspecified atom stereocenters. The number of aliphatic imine (C=N–C) groups is 1. The van der Waals surface area contributed by atoms with E-state index in [1.807, 2.05) is 0 Å².